The molecule has 1 unspecified atom stereocenters. The minimum Gasteiger partial charge on any atom is -0.488 e. The van der Waals surface area contributed by atoms with E-state index in [0.717, 1.165) is 56.0 Å². The maximum atomic E-state index is 9.50. The van der Waals surface area contributed by atoms with Crippen LogP contribution >= 0.6 is 11.6 Å². The fourth-order valence-corrected chi connectivity index (χ4v) is 3.39. The number of aliphatic hydroxyl groups is 1. The molecule has 20 heavy (non-hydrogen) atoms. The molecule has 1 aromatic rings. The van der Waals surface area contributed by atoms with Crippen molar-refractivity contribution in [2.75, 3.05) is 13.1 Å². The summed E-state index contributed by atoms with van der Waals surface area (Å²) in [6.07, 6.45) is 5.27. The highest BCUT2D eigenvalue weighted by atomic mass is 35.5. The van der Waals surface area contributed by atoms with Crippen LogP contribution in [-0.2, 0) is 6.42 Å². The van der Waals surface area contributed by atoms with Gasteiger partial charge in [-0.15, -0.1) is 0 Å². The van der Waals surface area contributed by atoms with Crippen molar-refractivity contribution in [1.82, 2.24) is 5.32 Å². The molecule has 1 fully saturated rings. The maximum absolute atomic E-state index is 9.50. The SMILES string of the molecule is OC1CCC(CNCC2Cc3cc(Cl)ccc3O2)CC1. The zero-order valence-electron chi connectivity index (χ0n) is 11.6. The Hall–Kier alpha value is -0.770. The largest absolute Gasteiger partial charge is 0.488 e. The van der Waals surface area contributed by atoms with Gasteiger partial charge in [0.1, 0.15) is 11.9 Å². The summed E-state index contributed by atoms with van der Waals surface area (Å²) in [5, 5.41) is 13.8. The standard InChI is InChI=1S/C16H22ClNO2/c17-13-3-6-16-12(7-13)8-15(20-16)10-18-9-11-1-4-14(19)5-2-11/h3,6-7,11,14-15,18-19H,1-2,4-5,8-10H2. The van der Waals surface area contributed by atoms with Gasteiger partial charge in [0.25, 0.3) is 0 Å². The van der Waals surface area contributed by atoms with E-state index in [9.17, 15) is 5.11 Å². The van der Waals surface area contributed by atoms with Crippen LogP contribution in [-0.4, -0.2) is 30.4 Å². The molecule has 0 radical (unpaired) electrons. The van der Waals surface area contributed by atoms with Crippen LogP contribution in [0.2, 0.25) is 5.02 Å². The lowest BCUT2D eigenvalue weighted by atomic mass is 9.87. The first-order chi connectivity index (χ1) is 9.70. The first-order valence-electron chi connectivity index (χ1n) is 7.54. The molecule has 0 bridgehead atoms. The third kappa shape index (κ3) is 3.46. The van der Waals surface area contributed by atoms with Gasteiger partial charge < -0.3 is 15.2 Å². The van der Waals surface area contributed by atoms with Crippen molar-refractivity contribution in [2.45, 2.75) is 44.3 Å². The molecule has 1 heterocycles. The van der Waals surface area contributed by atoms with E-state index < -0.39 is 0 Å². The van der Waals surface area contributed by atoms with Crippen molar-refractivity contribution in [2.24, 2.45) is 5.92 Å². The van der Waals surface area contributed by atoms with Crippen LogP contribution in [0, 0.1) is 5.92 Å². The number of aliphatic hydroxyl groups excluding tert-OH is 1. The highest BCUT2D eigenvalue weighted by molar-refractivity contribution is 6.30. The van der Waals surface area contributed by atoms with Gasteiger partial charge in [0.15, 0.2) is 0 Å². The average molecular weight is 296 g/mol. The summed E-state index contributed by atoms with van der Waals surface area (Å²) in [7, 11) is 0. The Morgan fingerprint density at radius 1 is 1.20 bits per heavy atom. The second kappa shape index (κ2) is 6.33. The van der Waals surface area contributed by atoms with E-state index in [1.54, 1.807) is 0 Å². The van der Waals surface area contributed by atoms with Crippen molar-refractivity contribution in [3.63, 3.8) is 0 Å². The lowest BCUT2D eigenvalue weighted by Gasteiger charge is -2.26. The highest BCUT2D eigenvalue weighted by Crippen LogP contribution is 2.31. The Kier molecular flexibility index (Phi) is 4.49. The molecule has 2 N–H and O–H groups in total. The van der Waals surface area contributed by atoms with Crippen LogP contribution in [0.25, 0.3) is 0 Å². The quantitative estimate of drug-likeness (QED) is 0.897. The highest BCUT2D eigenvalue weighted by Gasteiger charge is 2.24. The fraction of sp³-hybridized carbons (Fsp3) is 0.625. The van der Waals surface area contributed by atoms with E-state index in [2.05, 4.69) is 5.32 Å². The molecule has 0 aromatic heterocycles. The van der Waals surface area contributed by atoms with E-state index in [4.69, 9.17) is 16.3 Å². The summed E-state index contributed by atoms with van der Waals surface area (Å²) in [5.74, 6) is 1.68. The van der Waals surface area contributed by atoms with Crippen molar-refractivity contribution >= 4 is 11.6 Å². The first-order valence-corrected chi connectivity index (χ1v) is 7.92. The Balaban J connectivity index is 1.40. The molecule has 110 valence electrons. The molecule has 1 aliphatic heterocycles. The minimum absolute atomic E-state index is 0.0661. The first kappa shape index (κ1) is 14.2. The van der Waals surface area contributed by atoms with Crippen LogP contribution < -0.4 is 10.1 Å². The number of rotatable bonds is 4. The van der Waals surface area contributed by atoms with E-state index >= 15 is 0 Å². The molecule has 1 aromatic carbocycles. The van der Waals surface area contributed by atoms with Gasteiger partial charge in [0, 0.05) is 18.0 Å². The van der Waals surface area contributed by atoms with Crippen LogP contribution in [0.1, 0.15) is 31.2 Å². The number of halogens is 1. The van der Waals surface area contributed by atoms with Crippen molar-refractivity contribution < 1.29 is 9.84 Å². The second-order valence-corrected chi connectivity index (χ2v) is 6.47. The molecule has 0 amide bonds. The van der Waals surface area contributed by atoms with Crippen LogP contribution in [0.15, 0.2) is 18.2 Å². The Bertz CT molecular complexity index is 458. The van der Waals surface area contributed by atoms with Gasteiger partial charge in [-0.2, -0.15) is 0 Å². The van der Waals surface area contributed by atoms with E-state index in [0.29, 0.717) is 5.92 Å². The van der Waals surface area contributed by atoms with E-state index in [1.807, 2.05) is 18.2 Å². The number of hydrogen-bond acceptors (Lipinski definition) is 3. The Labute approximate surface area is 125 Å². The van der Waals surface area contributed by atoms with Crippen molar-refractivity contribution in [3.8, 4) is 5.75 Å². The van der Waals surface area contributed by atoms with Gasteiger partial charge >= 0.3 is 0 Å². The lowest BCUT2D eigenvalue weighted by molar-refractivity contribution is 0.107. The summed E-state index contributed by atoms with van der Waals surface area (Å²) in [4.78, 5) is 0. The molecule has 4 heteroatoms. The van der Waals surface area contributed by atoms with Crippen LogP contribution in [0.3, 0.4) is 0 Å². The third-order valence-electron chi connectivity index (χ3n) is 4.39. The molecular weight excluding hydrogens is 274 g/mol. The zero-order valence-corrected chi connectivity index (χ0v) is 12.4. The van der Waals surface area contributed by atoms with Crippen LogP contribution in [0.5, 0.6) is 5.75 Å². The van der Waals surface area contributed by atoms with Crippen LogP contribution in [0.4, 0.5) is 0 Å². The average Bonchev–Trinajstić information content (AvgIpc) is 2.83. The normalized spacial score (nSPS) is 29.0. The predicted octanol–water partition coefficient (Wildman–Crippen LogP) is 2.78. The lowest BCUT2D eigenvalue weighted by Crippen LogP contribution is -2.34. The smallest absolute Gasteiger partial charge is 0.123 e. The number of nitrogens with one attached hydrogen (secondary N) is 1. The maximum Gasteiger partial charge on any atom is 0.123 e. The summed E-state index contributed by atoms with van der Waals surface area (Å²) < 4.78 is 5.91. The zero-order chi connectivity index (χ0) is 13.9. The molecule has 0 saturated heterocycles. The molecule has 1 aliphatic carbocycles. The van der Waals surface area contributed by atoms with E-state index in [1.165, 1.54) is 5.56 Å². The minimum atomic E-state index is -0.0661. The molecule has 1 atom stereocenters. The number of hydrogen-bond donors (Lipinski definition) is 2. The van der Waals surface area contributed by atoms with Gasteiger partial charge in [-0.1, -0.05) is 11.6 Å². The topological polar surface area (TPSA) is 41.5 Å². The molecule has 1 saturated carbocycles. The predicted molar refractivity (Wildman–Crippen MR) is 80.4 cm³/mol. The van der Waals surface area contributed by atoms with Gasteiger partial charge in [0.2, 0.25) is 0 Å². The molecule has 3 nitrogen and oxygen atoms in total. The molecule has 0 spiro atoms. The Morgan fingerprint density at radius 2 is 2.00 bits per heavy atom. The van der Waals surface area contributed by atoms with E-state index in [-0.39, 0.29) is 12.2 Å². The molecule has 2 aliphatic rings. The van der Waals surface area contributed by atoms with Gasteiger partial charge in [-0.05, 0) is 61.9 Å². The summed E-state index contributed by atoms with van der Waals surface area (Å²) >= 11 is 6.00. The fourth-order valence-electron chi connectivity index (χ4n) is 3.20. The summed E-state index contributed by atoms with van der Waals surface area (Å²) in [6.45, 7) is 1.91. The summed E-state index contributed by atoms with van der Waals surface area (Å²) in [6, 6.07) is 5.84. The number of benzene rings is 1. The Morgan fingerprint density at radius 3 is 2.80 bits per heavy atom. The van der Waals surface area contributed by atoms with Gasteiger partial charge in [-0.25, -0.2) is 0 Å². The van der Waals surface area contributed by atoms with Gasteiger partial charge in [-0.3, -0.25) is 0 Å². The third-order valence-corrected chi connectivity index (χ3v) is 4.62. The monoisotopic (exact) mass is 295 g/mol. The molecule has 3 rings (SSSR count). The second-order valence-electron chi connectivity index (χ2n) is 6.03. The van der Waals surface area contributed by atoms with Crippen molar-refractivity contribution in [3.05, 3.63) is 28.8 Å². The molecular formula is C16H22ClNO2. The van der Waals surface area contributed by atoms with Crippen molar-refractivity contribution in [1.29, 1.82) is 0 Å². The van der Waals surface area contributed by atoms with Gasteiger partial charge in [0.05, 0.1) is 6.10 Å². The summed E-state index contributed by atoms with van der Waals surface area (Å²) in [5.41, 5.74) is 1.21. The number of fused-ring (bicyclic) bond motifs is 1. The number of ether oxygens (including phenoxy) is 1.